The van der Waals surface area contributed by atoms with Crippen LogP contribution in [0.3, 0.4) is 0 Å². The van der Waals surface area contributed by atoms with E-state index in [9.17, 15) is 9.59 Å². The molecule has 4 rings (SSSR count). The predicted octanol–water partition coefficient (Wildman–Crippen LogP) is 3.18. The highest BCUT2D eigenvalue weighted by Gasteiger charge is 2.58. The number of hydrogen-bond donors (Lipinski definition) is 1. The molecule has 0 bridgehead atoms. The summed E-state index contributed by atoms with van der Waals surface area (Å²) in [5.41, 5.74) is 2.39. The molecule has 2 aliphatic rings. The zero-order valence-corrected chi connectivity index (χ0v) is 14.3. The van der Waals surface area contributed by atoms with Crippen molar-refractivity contribution in [3.8, 4) is 0 Å². The molecule has 2 aromatic rings. The molecule has 0 aromatic heterocycles. The van der Waals surface area contributed by atoms with Crippen molar-refractivity contribution < 1.29 is 9.59 Å². The number of carbonyl (C=O) groups excluding carboxylic acids is 2. The summed E-state index contributed by atoms with van der Waals surface area (Å²) < 4.78 is 1.09. The molecular weight excluding hydrogens is 411 g/mol. The van der Waals surface area contributed by atoms with E-state index in [0.29, 0.717) is 5.75 Å². The lowest BCUT2D eigenvalue weighted by Gasteiger charge is -2.32. The van der Waals surface area contributed by atoms with Crippen molar-refractivity contribution in [1.29, 1.82) is 0 Å². The molecule has 6 heteroatoms. The number of hydrogen-bond acceptors (Lipinski definition) is 3. The molecule has 2 amide bonds. The first kappa shape index (κ1) is 14.1. The van der Waals surface area contributed by atoms with Crippen LogP contribution in [-0.2, 0) is 14.5 Å². The van der Waals surface area contributed by atoms with Gasteiger partial charge in [0, 0.05) is 20.5 Å². The Morgan fingerprint density at radius 1 is 1.09 bits per heavy atom. The number of halogens is 1. The third-order valence-electron chi connectivity index (χ3n) is 3.90. The summed E-state index contributed by atoms with van der Waals surface area (Å²) in [4.78, 5) is 25.9. The van der Waals surface area contributed by atoms with E-state index in [2.05, 4.69) is 27.9 Å². The van der Waals surface area contributed by atoms with Gasteiger partial charge in [-0.1, -0.05) is 18.2 Å². The molecule has 2 aliphatic heterocycles. The van der Waals surface area contributed by atoms with Crippen molar-refractivity contribution in [3.05, 3.63) is 57.7 Å². The zero-order chi connectivity index (χ0) is 15.3. The van der Waals surface area contributed by atoms with Crippen LogP contribution in [0.5, 0.6) is 0 Å². The van der Waals surface area contributed by atoms with Crippen LogP contribution in [0.1, 0.15) is 5.56 Å². The van der Waals surface area contributed by atoms with Crippen molar-refractivity contribution in [1.82, 2.24) is 0 Å². The van der Waals surface area contributed by atoms with Gasteiger partial charge in [-0.3, -0.25) is 14.5 Å². The first-order chi connectivity index (χ1) is 10.6. The van der Waals surface area contributed by atoms with Crippen LogP contribution in [0.25, 0.3) is 0 Å². The van der Waals surface area contributed by atoms with Crippen LogP contribution < -0.4 is 10.2 Å². The van der Waals surface area contributed by atoms with Gasteiger partial charge in [0.1, 0.15) is 0 Å². The van der Waals surface area contributed by atoms with Gasteiger partial charge in [-0.15, -0.1) is 11.8 Å². The maximum absolute atomic E-state index is 12.7. The molecule has 2 heterocycles. The summed E-state index contributed by atoms with van der Waals surface area (Å²) in [5.74, 6) is 0.106. The Labute approximate surface area is 145 Å². The lowest BCUT2D eigenvalue weighted by Crippen LogP contribution is -2.47. The van der Waals surface area contributed by atoms with Crippen LogP contribution in [-0.4, -0.2) is 17.6 Å². The van der Waals surface area contributed by atoms with Gasteiger partial charge in [0.2, 0.25) is 10.8 Å². The summed E-state index contributed by atoms with van der Waals surface area (Å²) in [6, 6.07) is 15.2. The van der Waals surface area contributed by atoms with Crippen LogP contribution in [0, 0.1) is 3.57 Å². The highest BCUT2D eigenvalue weighted by Crippen LogP contribution is 2.53. The second-order valence-corrected chi connectivity index (χ2v) is 7.55. The Morgan fingerprint density at radius 2 is 1.82 bits per heavy atom. The normalized spacial score (nSPS) is 23.0. The molecule has 1 fully saturated rings. The van der Waals surface area contributed by atoms with Gasteiger partial charge < -0.3 is 5.32 Å². The molecule has 110 valence electrons. The minimum absolute atomic E-state index is 0.0435. The number of para-hydroxylation sites is 1. The Hall–Kier alpha value is -1.54. The number of nitrogens with one attached hydrogen (secondary N) is 1. The van der Waals surface area contributed by atoms with Crippen LogP contribution in [0.2, 0.25) is 0 Å². The largest absolute Gasteiger partial charge is 0.323 e. The predicted molar refractivity (Wildman–Crippen MR) is 95.9 cm³/mol. The number of fused-ring (bicyclic) bond motifs is 2. The fourth-order valence-electron chi connectivity index (χ4n) is 2.97. The maximum Gasteiger partial charge on any atom is 0.266 e. The molecule has 22 heavy (non-hydrogen) atoms. The third kappa shape index (κ3) is 1.83. The summed E-state index contributed by atoms with van der Waals surface area (Å²) >= 11 is 3.60. The summed E-state index contributed by atoms with van der Waals surface area (Å²) in [7, 11) is 0. The zero-order valence-electron chi connectivity index (χ0n) is 11.4. The van der Waals surface area contributed by atoms with E-state index in [4.69, 9.17) is 0 Å². The number of carbonyl (C=O) groups is 2. The first-order valence-corrected chi connectivity index (χ1v) is 8.83. The molecule has 1 atom stereocenters. The van der Waals surface area contributed by atoms with Crippen LogP contribution >= 0.6 is 34.4 Å². The highest BCUT2D eigenvalue weighted by atomic mass is 127. The van der Waals surface area contributed by atoms with Gasteiger partial charge in [0.05, 0.1) is 5.75 Å². The van der Waals surface area contributed by atoms with Gasteiger partial charge in [-0.05, 0) is 52.9 Å². The lowest BCUT2D eigenvalue weighted by molar-refractivity contribution is -0.122. The lowest BCUT2D eigenvalue weighted by atomic mass is 10.0. The topological polar surface area (TPSA) is 49.4 Å². The van der Waals surface area contributed by atoms with Crippen molar-refractivity contribution in [3.63, 3.8) is 0 Å². The molecule has 0 unspecified atom stereocenters. The standard InChI is InChI=1S/C16H11IN2O2S/c17-10-5-7-11(8-6-10)19-14(20)9-22-16(19)12-3-1-2-4-13(12)18-15(16)21/h1-8H,9H2,(H,18,21)/t16-/m0/s1. The van der Waals surface area contributed by atoms with E-state index < -0.39 is 4.87 Å². The summed E-state index contributed by atoms with van der Waals surface area (Å²) in [6.45, 7) is 0. The van der Waals surface area contributed by atoms with E-state index in [-0.39, 0.29) is 11.8 Å². The Bertz CT molecular complexity index is 793. The third-order valence-corrected chi connectivity index (χ3v) is 6.02. The number of benzene rings is 2. The van der Waals surface area contributed by atoms with E-state index in [1.807, 2.05) is 48.5 Å². The highest BCUT2D eigenvalue weighted by molar-refractivity contribution is 14.1. The van der Waals surface area contributed by atoms with E-state index in [0.717, 1.165) is 20.5 Å². The van der Waals surface area contributed by atoms with Gasteiger partial charge in [-0.2, -0.15) is 0 Å². The molecular formula is C16H11IN2O2S. The minimum Gasteiger partial charge on any atom is -0.323 e. The van der Waals surface area contributed by atoms with Gasteiger partial charge >= 0.3 is 0 Å². The van der Waals surface area contributed by atoms with E-state index in [1.165, 1.54) is 11.8 Å². The van der Waals surface area contributed by atoms with E-state index >= 15 is 0 Å². The SMILES string of the molecule is O=C1CS[C@@]2(C(=O)Nc3ccccc32)N1c1ccc(I)cc1. The Morgan fingerprint density at radius 3 is 2.59 bits per heavy atom. The van der Waals surface area contributed by atoms with Gasteiger partial charge in [-0.25, -0.2) is 0 Å². The molecule has 1 spiro atoms. The fraction of sp³-hybridized carbons (Fsp3) is 0.125. The first-order valence-electron chi connectivity index (χ1n) is 6.76. The molecule has 0 saturated carbocycles. The van der Waals surface area contributed by atoms with Crippen molar-refractivity contribution >= 4 is 57.5 Å². The average Bonchev–Trinajstić information content (AvgIpc) is 3.00. The number of anilines is 2. The number of rotatable bonds is 1. The fourth-order valence-corrected chi connectivity index (χ4v) is 4.64. The second kappa shape index (κ2) is 4.99. The number of thioether (sulfide) groups is 1. The van der Waals surface area contributed by atoms with Gasteiger partial charge in [0.25, 0.3) is 5.91 Å². The molecule has 0 radical (unpaired) electrons. The smallest absolute Gasteiger partial charge is 0.266 e. The number of nitrogens with zero attached hydrogens (tertiary/aromatic N) is 1. The molecule has 1 N–H and O–H groups in total. The second-order valence-electron chi connectivity index (χ2n) is 5.14. The quantitative estimate of drug-likeness (QED) is 0.719. The summed E-state index contributed by atoms with van der Waals surface area (Å²) in [5, 5.41) is 2.91. The Balaban J connectivity index is 1.92. The number of amides is 2. The van der Waals surface area contributed by atoms with Crippen molar-refractivity contribution in [2.24, 2.45) is 0 Å². The molecule has 1 saturated heterocycles. The summed E-state index contributed by atoms with van der Waals surface area (Å²) in [6.07, 6.45) is 0. The average molecular weight is 422 g/mol. The molecule has 0 aliphatic carbocycles. The van der Waals surface area contributed by atoms with Crippen LogP contribution in [0.4, 0.5) is 11.4 Å². The maximum atomic E-state index is 12.7. The van der Waals surface area contributed by atoms with Gasteiger partial charge in [0.15, 0.2) is 0 Å². The minimum atomic E-state index is -0.986. The van der Waals surface area contributed by atoms with E-state index in [1.54, 1.807) is 4.90 Å². The van der Waals surface area contributed by atoms with Crippen molar-refractivity contribution in [2.75, 3.05) is 16.0 Å². The van der Waals surface area contributed by atoms with Crippen molar-refractivity contribution in [2.45, 2.75) is 4.87 Å². The Kier molecular flexibility index (Phi) is 3.19. The monoisotopic (exact) mass is 422 g/mol. The molecule has 2 aromatic carbocycles. The molecule has 4 nitrogen and oxygen atoms in total. The van der Waals surface area contributed by atoms with Crippen LogP contribution in [0.15, 0.2) is 48.5 Å².